The molecule has 94 valence electrons. The molecule has 0 saturated carbocycles. The summed E-state index contributed by atoms with van der Waals surface area (Å²) in [5.74, 6) is 0. The minimum atomic E-state index is 0.442. The van der Waals surface area contributed by atoms with Gasteiger partial charge in [-0.3, -0.25) is 14.9 Å². The zero-order valence-corrected chi connectivity index (χ0v) is 11.4. The number of nitrogens with zero attached hydrogens (tertiary/aromatic N) is 3. The molecule has 0 aromatic carbocycles. The average molecular weight is 259 g/mol. The van der Waals surface area contributed by atoms with Gasteiger partial charge in [-0.25, -0.2) is 0 Å². The van der Waals surface area contributed by atoms with E-state index in [1.54, 1.807) is 11.3 Å². The summed E-state index contributed by atoms with van der Waals surface area (Å²) in [5.41, 5.74) is 3.55. The van der Waals surface area contributed by atoms with Crippen molar-refractivity contribution in [2.75, 3.05) is 6.54 Å². The van der Waals surface area contributed by atoms with E-state index in [0.717, 1.165) is 24.5 Å². The topological polar surface area (TPSA) is 29.0 Å². The quantitative estimate of drug-likeness (QED) is 0.847. The van der Waals surface area contributed by atoms with E-state index in [1.807, 2.05) is 19.3 Å². The molecule has 0 aliphatic carbocycles. The third-order valence-electron chi connectivity index (χ3n) is 3.44. The van der Waals surface area contributed by atoms with Gasteiger partial charge in [-0.1, -0.05) is 0 Å². The largest absolute Gasteiger partial charge is 0.290 e. The van der Waals surface area contributed by atoms with Gasteiger partial charge in [0.2, 0.25) is 0 Å². The highest BCUT2D eigenvalue weighted by Crippen LogP contribution is 2.32. The van der Waals surface area contributed by atoms with Crippen LogP contribution in [0.25, 0.3) is 0 Å². The molecule has 0 amide bonds. The molecule has 1 aliphatic rings. The van der Waals surface area contributed by atoms with Crippen LogP contribution in [0.2, 0.25) is 0 Å². The molecule has 3 heterocycles. The summed E-state index contributed by atoms with van der Waals surface area (Å²) in [6, 6.07) is 2.65. The Labute approximate surface area is 112 Å². The lowest BCUT2D eigenvalue weighted by atomic mass is 10.1. The summed E-state index contributed by atoms with van der Waals surface area (Å²) < 4.78 is 0. The van der Waals surface area contributed by atoms with Crippen LogP contribution in [0.1, 0.15) is 35.8 Å². The molecule has 0 spiro atoms. The van der Waals surface area contributed by atoms with Gasteiger partial charge >= 0.3 is 0 Å². The second kappa shape index (κ2) is 5.16. The zero-order chi connectivity index (χ0) is 12.4. The molecule has 0 radical (unpaired) electrons. The first kappa shape index (κ1) is 11.8. The van der Waals surface area contributed by atoms with Gasteiger partial charge in [0.05, 0.1) is 17.4 Å². The molecule has 4 heteroatoms. The van der Waals surface area contributed by atoms with E-state index in [9.17, 15) is 0 Å². The molecule has 0 N–H and O–H groups in total. The Balaban J connectivity index is 1.79. The third-order valence-corrected chi connectivity index (χ3v) is 4.18. The summed E-state index contributed by atoms with van der Waals surface area (Å²) >= 11 is 1.77. The highest BCUT2D eigenvalue weighted by Gasteiger charge is 2.27. The molecule has 1 atom stereocenters. The number of aromatic nitrogens is 2. The van der Waals surface area contributed by atoms with Crippen LogP contribution in [0.4, 0.5) is 0 Å². The molecule has 0 bridgehead atoms. The van der Waals surface area contributed by atoms with Gasteiger partial charge in [0.1, 0.15) is 0 Å². The lowest BCUT2D eigenvalue weighted by Crippen LogP contribution is -2.23. The molecule has 3 nitrogen and oxygen atoms in total. The first-order chi connectivity index (χ1) is 8.83. The SMILES string of the molecule is Cc1cncc([C@H]2CCCN2Cc2ccsc2)n1. The normalized spacial score (nSPS) is 20.4. The van der Waals surface area contributed by atoms with Gasteiger partial charge in [0, 0.05) is 18.9 Å². The van der Waals surface area contributed by atoms with Crippen LogP contribution in [0, 0.1) is 6.92 Å². The summed E-state index contributed by atoms with van der Waals surface area (Å²) in [5, 5.41) is 4.38. The third kappa shape index (κ3) is 2.44. The molecule has 1 aliphatic heterocycles. The number of likely N-dealkylation sites (tertiary alicyclic amines) is 1. The summed E-state index contributed by atoms with van der Waals surface area (Å²) in [6.07, 6.45) is 6.19. The van der Waals surface area contributed by atoms with E-state index in [1.165, 1.54) is 18.4 Å². The van der Waals surface area contributed by atoms with Crippen LogP contribution in [-0.2, 0) is 6.54 Å². The van der Waals surface area contributed by atoms with Crippen LogP contribution in [-0.4, -0.2) is 21.4 Å². The highest BCUT2D eigenvalue weighted by molar-refractivity contribution is 7.07. The van der Waals surface area contributed by atoms with E-state index >= 15 is 0 Å². The van der Waals surface area contributed by atoms with Crippen molar-refractivity contribution < 1.29 is 0 Å². The van der Waals surface area contributed by atoms with Crippen molar-refractivity contribution in [3.05, 3.63) is 46.2 Å². The van der Waals surface area contributed by atoms with Gasteiger partial charge in [-0.2, -0.15) is 11.3 Å². The molecule has 2 aromatic rings. The Bertz CT molecular complexity index is 510. The van der Waals surface area contributed by atoms with E-state index in [-0.39, 0.29) is 0 Å². The Morgan fingerprint density at radius 1 is 1.44 bits per heavy atom. The smallest absolute Gasteiger partial charge is 0.0761 e. The second-order valence-electron chi connectivity index (χ2n) is 4.85. The van der Waals surface area contributed by atoms with Crippen molar-refractivity contribution >= 4 is 11.3 Å². The van der Waals surface area contributed by atoms with Crippen molar-refractivity contribution in [1.29, 1.82) is 0 Å². The van der Waals surface area contributed by atoms with Crippen molar-refractivity contribution in [3.8, 4) is 0 Å². The molecular weight excluding hydrogens is 242 g/mol. The van der Waals surface area contributed by atoms with E-state index in [0.29, 0.717) is 6.04 Å². The van der Waals surface area contributed by atoms with E-state index in [4.69, 9.17) is 0 Å². The molecular formula is C14H17N3S. The fourth-order valence-electron chi connectivity index (χ4n) is 2.61. The standard InChI is InChI=1S/C14H17N3S/c1-11-7-15-8-13(16-11)14-3-2-5-17(14)9-12-4-6-18-10-12/h4,6-8,10,14H,2-3,5,9H2,1H3/t14-/m1/s1. The van der Waals surface area contributed by atoms with Crippen LogP contribution in [0.3, 0.4) is 0 Å². The number of hydrogen-bond acceptors (Lipinski definition) is 4. The number of thiophene rings is 1. The summed E-state index contributed by atoms with van der Waals surface area (Å²) in [6.45, 7) is 4.20. The minimum absolute atomic E-state index is 0.442. The average Bonchev–Trinajstić information content (AvgIpc) is 3.01. The molecule has 3 rings (SSSR count). The lowest BCUT2D eigenvalue weighted by Gasteiger charge is -2.23. The Morgan fingerprint density at radius 3 is 3.17 bits per heavy atom. The highest BCUT2D eigenvalue weighted by atomic mass is 32.1. The monoisotopic (exact) mass is 259 g/mol. The van der Waals surface area contributed by atoms with Crippen molar-refractivity contribution in [2.24, 2.45) is 0 Å². The first-order valence-electron chi connectivity index (χ1n) is 6.36. The molecule has 1 saturated heterocycles. The molecule has 0 unspecified atom stereocenters. The second-order valence-corrected chi connectivity index (χ2v) is 5.63. The molecule has 2 aromatic heterocycles. The Hall–Kier alpha value is -1.26. The fraction of sp³-hybridized carbons (Fsp3) is 0.429. The van der Waals surface area contributed by atoms with Crippen LogP contribution >= 0.6 is 11.3 Å². The Kier molecular flexibility index (Phi) is 3.39. The first-order valence-corrected chi connectivity index (χ1v) is 7.31. The maximum atomic E-state index is 4.63. The van der Waals surface area contributed by atoms with Gasteiger partial charge in [-0.05, 0) is 48.7 Å². The number of rotatable bonds is 3. The van der Waals surface area contributed by atoms with Crippen molar-refractivity contribution in [1.82, 2.24) is 14.9 Å². The van der Waals surface area contributed by atoms with Crippen LogP contribution < -0.4 is 0 Å². The Morgan fingerprint density at radius 2 is 2.39 bits per heavy atom. The van der Waals surface area contributed by atoms with Gasteiger partial charge < -0.3 is 0 Å². The predicted molar refractivity (Wildman–Crippen MR) is 73.5 cm³/mol. The van der Waals surface area contributed by atoms with Crippen LogP contribution in [0.5, 0.6) is 0 Å². The van der Waals surface area contributed by atoms with Crippen LogP contribution in [0.15, 0.2) is 29.2 Å². The van der Waals surface area contributed by atoms with Gasteiger partial charge in [0.15, 0.2) is 0 Å². The maximum Gasteiger partial charge on any atom is 0.0761 e. The number of hydrogen-bond donors (Lipinski definition) is 0. The van der Waals surface area contributed by atoms with Gasteiger partial charge in [0.25, 0.3) is 0 Å². The summed E-state index contributed by atoms with van der Waals surface area (Å²) in [4.78, 5) is 11.4. The summed E-state index contributed by atoms with van der Waals surface area (Å²) in [7, 11) is 0. The maximum absolute atomic E-state index is 4.63. The van der Waals surface area contributed by atoms with Gasteiger partial charge in [-0.15, -0.1) is 0 Å². The van der Waals surface area contributed by atoms with Crippen molar-refractivity contribution in [3.63, 3.8) is 0 Å². The molecule has 18 heavy (non-hydrogen) atoms. The van der Waals surface area contributed by atoms with E-state index < -0.39 is 0 Å². The molecule has 1 fully saturated rings. The predicted octanol–water partition coefficient (Wildman–Crippen LogP) is 3.18. The number of aryl methyl sites for hydroxylation is 1. The zero-order valence-electron chi connectivity index (χ0n) is 10.5. The fourth-order valence-corrected chi connectivity index (χ4v) is 3.27. The van der Waals surface area contributed by atoms with Crippen molar-refractivity contribution in [2.45, 2.75) is 32.4 Å². The minimum Gasteiger partial charge on any atom is -0.290 e. The lowest BCUT2D eigenvalue weighted by molar-refractivity contribution is 0.244. The van der Waals surface area contributed by atoms with E-state index in [2.05, 4.69) is 31.7 Å².